The van der Waals surface area contributed by atoms with Crippen molar-refractivity contribution >= 4 is 5.97 Å². The summed E-state index contributed by atoms with van der Waals surface area (Å²) in [5.41, 5.74) is 0. The summed E-state index contributed by atoms with van der Waals surface area (Å²) in [5, 5.41) is 0. The average molecular weight is 146 g/mol. The van der Waals surface area contributed by atoms with E-state index in [0.717, 1.165) is 13.5 Å². The first-order valence-electron chi connectivity index (χ1n) is 3.16. The number of allylic oxidation sites excluding steroid dienone is 1. The number of carbonyl (C=O) groups excluding carboxylic acids is 1. The maximum atomic E-state index is 12.4. The molecular formula is C7H11FO2. The minimum Gasteiger partial charge on any atom is -0.464 e. The van der Waals surface area contributed by atoms with Crippen LogP contribution in [0.5, 0.6) is 0 Å². The topological polar surface area (TPSA) is 26.3 Å². The van der Waals surface area contributed by atoms with Crippen LogP contribution in [0.2, 0.25) is 0 Å². The van der Waals surface area contributed by atoms with E-state index in [9.17, 15) is 9.18 Å². The van der Waals surface area contributed by atoms with Gasteiger partial charge in [0.25, 0.3) is 0 Å². The molecule has 0 radical (unpaired) electrons. The van der Waals surface area contributed by atoms with Gasteiger partial charge in [-0.25, -0.2) is 4.79 Å². The number of methoxy groups -OCH3 is 1. The molecule has 0 fully saturated rings. The molecule has 0 unspecified atom stereocenters. The monoisotopic (exact) mass is 146 g/mol. The molecule has 0 spiro atoms. The predicted octanol–water partition coefficient (Wildman–Crippen LogP) is 1.81. The number of hydrogen-bond donors (Lipinski definition) is 0. The Morgan fingerprint density at radius 1 is 1.70 bits per heavy atom. The fourth-order valence-corrected chi connectivity index (χ4v) is 0.452. The third-order valence-corrected chi connectivity index (χ3v) is 0.993. The number of esters is 1. The van der Waals surface area contributed by atoms with E-state index in [2.05, 4.69) is 4.74 Å². The average Bonchev–Trinajstić information content (AvgIpc) is 1.98. The first-order valence-corrected chi connectivity index (χ1v) is 3.16. The second-order valence-electron chi connectivity index (χ2n) is 1.83. The third kappa shape index (κ3) is 3.22. The number of carbonyl (C=O) groups is 1. The van der Waals surface area contributed by atoms with Crippen molar-refractivity contribution in [1.29, 1.82) is 0 Å². The Kier molecular flexibility index (Phi) is 4.54. The first-order chi connectivity index (χ1) is 4.72. The van der Waals surface area contributed by atoms with Crippen LogP contribution in [0.25, 0.3) is 0 Å². The number of rotatable bonds is 3. The molecule has 0 aromatic carbocycles. The van der Waals surface area contributed by atoms with Gasteiger partial charge in [0, 0.05) is 0 Å². The molecule has 0 aromatic rings. The van der Waals surface area contributed by atoms with E-state index in [-0.39, 0.29) is 0 Å². The summed E-state index contributed by atoms with van der Waals surface area (Å²) in [6.45, 7) is 1.90. The van der Waals surface area contributed by atoms with Crippen molar-refractivity contribution < 1.29 is 13.9 Å². The zero-order valence-electron chi connectivity index (χ0n) is 6.19. The van der Waals surface area contributed by atoms with Crippen LogP contribution in [0.4, 0.5) is 4.39 Å². The Labute approximate surface area is 59.7 Å². The van der Waals surface area contributed by atoms with Crippen LogP contribution >= 0.6 is 0 Å². The van der Waals surface area contributed by atoms with E-state index < -0.39 is 11.8 Å². The van der Waals surface area contributed by atoms with Crippen LogP contribution < -0.4 is 0 Å². The lowest BCUT2D eigenvalue weighted by molar-refractivity contribution is -0.137. The fourth-order valence-electron chi connectivity index (χ4n) is 0.452. The highest BCUT2D eigenvalue weighted by Crippen LogP contribution is 2.01. The van der Waals surface area contributed by atoms with E-state index in [1.165, 1.54) is 6.08 Å². The lowest BCUT2D eigenvalue weighted by Gasteiger charge is -1.92. The minimum absolute atomic E-state index is 0.570. The van der Waals surface area contributed by atoms with Gasteiger partial charge in [-0.05, 0) is 12.5 Å². The summed E-state index contributed by atoms with van der Waals surface area (Å²) < 4.78 is 16.5. The molecule has 0 bridgehead atoms. The Balaban J connectivity index is 3.80. The van der Waals surface area contributed by atoms with Crippen molar-refractivity contribution in [2.75, 3.05) is 7.11 Å². The van der Waals surface area contributed by atoms with Gasteiger partial charge >= 0.3 is 5.97 Å². The molecule has 0 amide bonds. The molecule has 0 atom stereocenters. The van der Waals surface area contributed by atoms with Crippen LogP contribution in [0.15, 0.2) is 11.9 Å². The Hall–Kier alpha value is -0.860. The maximum Gasteiger partial charge on any atom is 0.366 e. The van der Waals surface area contributed by atoms with Gasteiger partial charge in [0.05, 0.1) is 7.11 Å². The predicted molar refractivity (Wildman–Crippen MR) is 36.1 cm³/mol. The van der Waals surface area contributed by atoms with E-state index in [0.29, 0.717) is 6.42 Å². The minimum atomic E-state index is -0.895. The SMILES string of the molecule is CCC/C=C(/F)C(=O)OC. The van der Waals surface area contributed by atoms with Gasteiger partial charge in [-0.15, -0.1) is 0 Å². The number of halogens is 1. The van der Waals surface area contributed by atoms with Crippen LogP contribution in [-0.4, -0.2) is 13.1 Å². The summed E-state index contributed by atoms with van der Waals surface area (Å²) >= 11 is 0. The smallest absolute Gasteiger partial charge is 0.366 e. The van der Waals surface area contributed by atoms with E-state index >= 15 is 0 Å². The summed E-state index contributed by atoms with van der Waals surface area (Å²) in [5.74, 6) is -1.70. The largest absolute Gasteiger partial charge is 0.464 e. The van der Waals surface area contributed by atoms with Crippen LogP contribution in [0.3, 0.4) is 0 Å². The zero-order chi connectivity index (χ0) is 7.98. The molecule has 0 aliphatic carbocycles. The highest BCUT2D eigenvalue weighted by atomic mass is 19.1. The standard InChI is InChI=1S/C7H11FO2/c1-3-4-5-6(8)7(9)10-2/h5H,3-4H2,1-2H3/b6-5+. The second-order valence-corrected chi connectivity index (χ2v) is 1.83. The molecule has 0 aliphatic heterocycles. The molecule has 2 nitrogen and oxygen atoms in total. The van der Waals surface area contributed by atoms with E-state index in [4.69, 9.17) is 0 Å². The van der Waals surface area contributed by atoms with Crippen molar-refractivity contribution in [2.45, 2.75) is 19.8 Å². The van der Waals surface area contributed by atoms with Crippen LogP contribution in [0.1, 0.15) is 19.8 Å². The molecule has 0 rings (SSSR count). The Morgan fingerprint density at radius 2 is 2.30 bits per heavy atom. The first kappa shape index (κ1) is 9.14. The van der Waals surface area contributed by atoms with Crippen molar-refractivity contribution in [3.8, 4) is 0 Å². The molecule has 0 N–H and O–H groups in total. The van der Waals surface area contributed by atoms with Gasteiger partial charge in [0.2, 0.25) is 5.83 Å². The van der Waals surface area contributed by atoms with E-state index in [1.54, 1.807) is 0 Å². The van der Waals surface area contributed by atoms with Crippen molar-refractivity contribution in [3.63, 3.8) is 0 Å². The summed E-state index contributed by atoms with van der Waals surface area (Å²) in [7, 11) is 1.15. The quantitative estimate of drug-likeness (QED) is 0.448. The summed E-state index contributed by atoms with van der Waals surface area (Å²) in [6.07, 6.45) is 2.62. The molecule has 10 heavy (non-hydrogen) atoms. The molecule has 58 valence electrons. The second kappa shape index (κ2) is 4.97. The normalized spacial score (nSPS) is 11.3. The summed E-state index contributed by atoms with van der Waals surface area (Å²) in [6, 6.07) is 0. The Morgan fingerprint density at radius 3 is 2.70 bits per heavy atom. The lowest BCUT2D eigenvalue weighted by Crippen LogP contribution is -1.99. The van der Waals surface area contributed by atoms with Crippen molar-refractivity contribution in [3.05, 3.63) is 11.9 Å². The van der Waals surface area contributed by atoms with Crippen molar-refractivity contribution in [1.82, 2.24) is 0 Å². The van der Waals surface area contributed by atoms with Gasteiger partial charge in [0.1, 0.15) is 0 Å². The van der Waals surface area contributed by atoms with Gasteiger partial charge in [-0.2, -0.15) is 4.39 Å². The number of hydrogen-bond acceptors (Lipinski definition) is 2. The lowest BCUT2D eigenvalue weighted by atomic mass is 10.3. The molecule has 0 heterocycles. The zero-order valence-corrected chi connectivity index (χ0v) is 6.19. The summed E-state index contributed by atoms with van der Waals surface area (Å²) in [4.78, 5) is 10.4. The molecule has 3 heteroatoms. The van der Waals surface area contributed by atoms with Gasteiger partial charge in [-0.1, -0.05) is 13.3 Å². The van der Waals surface area contributed by atoms with Gasteiger partial charge < -0.3 is 4.74 Å². The number of ether oxygens (including phenoxy) is 1. The molecular weight excluding hydrogens is 135 g/mol. The fraction of sp³-hybridized carbons (Fsp3) is 0.571. The highest BCUT2D eigenvalue weighted by molar-refractivity contribution is 5.85. The van der Waals surface area contributed by atoms with Crippen LogP contribution in [0, 0.1) is 0 Å². The molecule has 0 saturated carbocycles. The van der Waals surface area contributed by atoms with E-state index in [1.807, 2.05) is 6.92 Å². The van der Waals surface area contributed by atoms with Gasteiger partial charge in [-0.3, -0.25) is 0 Å². The van der Waals surface area contributed by atoms with Gasteiger partial charge in [0.15, 0.2) is 0 Å². The molecule has 0 aromatic heterocycles. The maximum absolute atomic E-state index is 12.4. The Bertz CT molecular complexity index is 141. The molecule has 0 saturated heterocycles. The third-order valence-electron chi connectivity index (χ3n) is 0.993. The number of unbranched alkanes of at least 4 members (excludes halogenated alkanes) is 1. The van der Waals surface area contributed by atoms with Crippen molar-refractivity contribution in [2.24, 2.45) is 0 Å². The van der Waals surface area contributed by atoms with Crippen LogP contribution in [-0.2, 0) is 9.53 Å². The molecule has 0 aliphatic rings. The highest BCUT2D eigenvalue weighted by Gasteiger charge is 2.05.